The van der Waals surface area contributed by atoms with Crippen molar-refractivity contribution in [2.45, 2.75) is 58.2 Å². The minimum atomic E-state index is -0.830. The zero-order valence-electron chi connectivity index (χ0n) is 12.3. The van der Waals surface area contributed by atoms with E-state index < -0.39 is 5.97 Å². The van der Waals surface area contributed by atoms with Crippen LogP contribution in [0.4, 0.5) is 0 Å². The average molecular weight is 285 g/mol. The van der Waals surface area contributed by atoms with Crippen molar-refractivity contribution >= 4 is 17.7 Å². The van der Waals surface area contributed by atoms with Crippen LogP contribution in [0, 0.1) is 5.92 Å². The molecule has 0 aliphatic heterocycles. The van der Waals surface area contributed by atoms with E-state index in [1.54, 1.807) is 0 Å². The van der Waals surface area contributed by atoms with E-state index in [9.17, 15) is 4.79 Å². The summed E-state index contributed by atoms with van der Waals surface area (Å²) < 4.78 is 2.13. The summed E-state index contributed by atoms with van der Waals surface area (Å²) in [5, 5.41) is 17.9. The average Bonchev–Trinajstić information content (AvgIpc) is 2.71. The van der Waals surface area contributed by atoms with Crippen LogP contribution in [0.2, 0.25) is 0 Å². The van der Waals surface area contributed by atoms with Crippen LogP contribution in [0.25, 0.3) is 0 Å². The van der Waals surface area contributed by atoms with E-state index in [4.69, 9.17) is 5.11 Å². The summed E-state index contributed by atoms with van der Waals surface area (Å²) >= 11 is 1.24. The number of hydrogen-bond donors (Lipinski definition) is 1. The fraction of sp³-hybridized carbons (Fsp3) is 0.769. The summed E-state index contributed by atoms with van der Waals surface area (Å²) in [6.45, 7) is 10.6. The molecule has 0 spiro atoms. The Hall–Kier alpha value is -1.04. The van der Waals surface area contributed by atoms with E-state index in [-0.39, 0.29) is 11.7 Å². The van der Waals surface area contributed by atoms with Crippen LogP contribution < -0.4 is 0 Å². The summed E-state index contributed by atoms with van der Waals surface area (Å²) in [5.74, 6) is 0.865. The number of carboxylic acids is 1. The summed E-state index contributed by atoms with van der Waals surface area (Å²) in [5.41, 5.74) is 0. The van der Waals surface area contributed by atoms with Crippen molar-refractivity contribution in [1.82, 2.24) is 14.8 Å². The van der Waals surface area contributed by atoms with E-state index in [2.05, 4.69) is 49.4 Å². The highest BCUT2D eigenvalue weighted by molar-refractivity contribution is 7.99. The number of hydrogen-bond acceptors (Lipinski definition) is 4. The highest BCUT2D eigenvalue weighted by Crippen LogP contribution is 2.31. The molecule has 0 aromatic carbocycles. The SMILES string of the molecule is CCC(C(C)C)n1c(SCC(=O)O)nnc1C(C)C. The predicted octanol–water partition coefficient (Wildman–Crippen LogP) is 3.19. The highest BCUT2D eigenvalue weighted by atomic mass is 32.2. The lowest BCUT2D eigenvalue weighted by atomic mass is 10.0. The van der Waals surface area contributed by atoms with Crippen molar-refractivity contribution in [3.8, 4) is 0 Å². The first-order valence-corrected chi connectivity index (χ1v) is 7.66. The molecule has 1 rings (SSSR count). The van der Waals surface area contributed by atoms with Crippen LogP contribution in [0.1, 0.15) is 58.8 Å². The van der Waals surface area contributed by atoms with Gasteiger partial charge in [0.25, 0.3) is 0 Å². The third-order valence-corrected chi connectivity index (χ3v) is 3.98. The third-order valence-electron chi connectivity index (χ3n) is 3.05. The molecular formula is C13H23N3O2S. The Labute approximate surface area is 118 Å². The molecule has 1 atom stereocenters. The minimum Gasteiger partial charge on any atom is -0.481 e. The van der Waals surface area contributed by atoms with E-state index in [1.165, 1.54) is 11.8 Å². The number of nitrogens with zero attached hydrogens (tertiary/aromatic N) is 3. The molecule has 1 heterocycles. The smallest absolute Gasteiger partial charge is 0.313 e. The van der Waals surface area contributed by atoms with Gasteiger partial charge in [-0.15, -0.1) is 10.2 Å². The lowest BCUT2D eigenvalue weighted by Gasteiger charge is -2.25. The number of aliphatic carboxylic acids is 1. The molecular weight excluding hydrogens is 262 g/mol. The van der Waals surface area contributed by atoms with Crippen LogP contribution in [-0.4, -0.2) is 31.6 Å². The van der Waals surface area contributed by atoms with Gasteiger partial charge >= 0.3 is 5.97 Å². The molecule has 0 aliphatic carbocycles. The van der Waals surface area contributed by atoms with Gasteiger partial charge in [0.15, 0.2) is 5.16 Å². The maximum Gasteiger partial charge on any atom is 0.313 e. The van der Waals surface area contributed by atoms with Crippen LogP contribution in [0.3, 0.4) is 0 Å². The Bertz CT molecular complexity index is 430. The summed E-state index contributed by atoms with van der Waals surface area (Å²) in [4.78, 5) is 10.7. The lowest BCUT2D eigenvalue weighted by Crippen LogP contribution is -2.19. The van der Waals surface area contributed by atoms with Crippen molar-refractivity contribution in [2.24, 2.45) is 5.92 Å². The molecule has 1 aromatic rings. The second-order valence-electron chi connectivity index (χ2n) is 5.27. The molecule has 0 aliphatic rings. The Morgan fingerprint density at radius 3 is 2.37 bits per heavy atom. The van der Waals surface area contributed by atoms with Gasteiger partial charge in [-0.05, 0) is 12.3 Å². The van der Waals surface area contributed by atoms with Gasteiger partial charge in [0.1, 0.15) is 5.82 Å². The monoisotopic (exact) mass is 285 g/mol. The van der Waals surface area contributed by atoms with Gasteiger partial charge in [-0.1, -0.05) is 46.4 Å². The Morgan fingerprint density at radius 2 is 1.95 bits per heavy atom. The van der Waals surface area contributed by atoms with Gasteiger partial charge in [-0.3, -0.25) is 4.79 Å². The Balaban J connectivity index is 3.14. The van der Waals surface area contributed by atoms with Gasteiger partial charge in [-0.2, -0.15) is 0 Å². The van der Waals surface area contributed by atoms with E-state index >= 15 is 0 Å². The fourth-order valence-corrected chi connectivity index (χ4v) is 2.89. The minimum absolute atomic E-state index is 0.0186. The summed E-state index contributed by atoms with van der Waals surface area (Å²) in [7, 11) is 0. The molecule has 1 N–H and O–H groups in total. The molecule has 0 bridgehead atoms. The topological polar surface area (TPSA) is 68.0 Å². The van der Waals surface area contributed by atoms with Gasteiger partial charge in [0.2, 0.25) is 0 Å². The Kier molecular flexibility index (Phi) is 5.85. The lowest BCUT2D eigenvalue weighted by molar-refractivity contribution is -0.133. The second-order valence-corrected chi connectivity index (χ2v) is 6.21. The fourth-order valence-electron chi connectivity index (χ4n) is 2.17. The van der Waals surface area contributed by atoms with Gasteiger partial charge < -0.3 is 9.67 Å². The van der Waals surface area contributed by atoms with Crippen molar-refractivity contribution in [3.05, 3.63) is 5.82 Å². The molecule has 1 unspecified atom stereocenters. The zero-order valence-corrected chi connectivity index (χ0v) is 13.1. The van der Waals surface area contributed by atoms with Crippen LogP contribution in [0.5, 0.6) is 0 Å². The normalized spacial score (nSPS) is 13.2. The Morgan fingerprint density at radius 1 is 1.32 bits per heavy atom. The van der Waals surface area contributed by atoms with Gasteiger partial charge in [-0.25, -0.2) is 0 Å². The number of carboxylic acid groups (broad SMARTS) is 1. The number of carbonyl (C=O) groups is 1. The molecule has 5 nitrogen and oxygen atoms in total. The van der Waals surface area contributed by atoms with E-state index in [0.29, 0.717) is 17.1 Å². The maximum absolute atomic E-state index is 10.7. The molecule has 6 heteroatoms. The molecule has 19 heavy (non-hydrogen) atoms. The van der Waals surface area contributed by atoms with Crippen molar-refractivity contribution in [3.63, 3.8) is 0 Å². The molecule has 0 amide bonds. The molecule has 0 radical (unpaired) electrons. The highest BCUT2D eigenvalue weighted by Gasteiger charge is 2.24. The largest absolute Gasteiger partial charge is 0.481 e. The van der Waals surface area contributed by atoms with Crippen LogP contribution in [0.15, 0.2) is 5.16 Å². The van der Waals surface area contributed by atoms with E-state index in [1.807, 2.05) is 0 Å². The van der Waals surface area contributed by atoms with E-state index in [0.717, 1.165) is 12.2 Å². The van der Waals surface area contributed by atoms with Crippen LogP contribution >= 0.6 is 11.8 Å². The predicted molar refractivity (Wildman–Crippen MR) is 76.6 cm³/mol. The van der Waals surface area contributed by atoms with Crippen molar-refractivity contribution in [2.75, 3.05) is 5.75 Å². The summed E-state index contributed by atoms with van der Waals surface area (Å²) in [6.07, 6.45) is 0.982. The molecule has 0 saturated carbocycles. The summed E-state index contributed by atoms with van der Waals surface area (Å²) in [6, 6.07) is 0.309. The van der Waals surface area contributed by atoms with Crippen LogP contribution in [-0.2, 0) is 4.79 Å². The quantitative estimate of drug-likeness (QED) is 0.779. The first-order valence-electron chi connectivity index (χ1n) is 6.67. The van der Waals surface area contributed by atoms with Gasteiger partial charge in [0.05, 0.1) is 5.75 Å². The second kappa shape index (κ2) is 6.93. The zero-order chi connectivity index (χ0) is 14.6. The molecule has 108 valence electrons. The van der Waals surface area contributed by atoms with Crippen molar-refractivity contribution in [1.29, 1.82) is 0 Å². The first kappa shape index (κ1) is 16.0. The third kappa shape index (κ3) is 3.96. The number of thioether (sulfide) groups is 1. The molecule has 0 fully saturated rings. The number of aromatic nitrogens is 3. The maximum atomic E-state index is 10.7. The van der Waals surface area contributed by atoms with Crippen molar-refractivity contribution < 1.29 is 9.90 Å². The molecule has 1 aromatic heterocycles. The standard InChI is InChI=1S/C13H23N3O2S/c1-6-10(8(2)3)16-12(9(4)5)14-15-13(16)19-7-11(17)18/h8-10H,6-7H2,1-5H3,(H,17,18). The number of rotatable bonds is 7. The molecule has 0 saturated heterocycles. The first-order chi connectivity index (χ1) is 8.88. The van der Waals surface area contributed by atoms with Gasteiger partial charge in [0, 0.05) is 12.0 Å².